The van der Waals surface area contributed by atoms with Crippen LogP contribution in [0.2, 0.25) is 0 Å². The fraction of sp³-hybridized carbons (Fsp3) is 0.517. The number of ketones is 2. The van der Waals surface area contributed by atoms with Gasteiger partial charge in [-0.1, -0.05) is 38.2 Å². The summed E-state index contributed by atoms with van der Waals surface area (Å²) in [6.45, 7) is 6.90. The SMILES string of the molecule is CO[C@H]1/C=C\C=C(/C)C(=O)NC2=CC(=O)C=C(C2=O)[C@H](OC)[C@@H](C)CC(O)[C@H](OC)[C@@H](C)/C=C(\C)[C@@H]1OC(N)=O. The maximum Gasteiger partial charge on any atom is 0.405 e. The molecule has 11 nitrogen and oxygen atoms in total. The summed E-state index contributed by atoms with van der Waals surface area (Å²) in [5.74, 6) is -2.40. The monoisotopic (exact) mass is 560 g/mol. The zero-order chi connectivity index (χ0) is 30.1. The van der Waals surface area contributed by atoms with E-state index in [4.69, 9.17) is 24.7 Å². The highest BCUT2D eigenvalue weighted by Gasteiger charge is 2.35. The molecule has 0 aromatic carbocycles. The second-order valence-electron chi connectivity index (χ2n) is 10.0. The Labute approximate surface area is 234 Å². The first-order chi connectivity index (χ1) is 18.8. The van der Waals surface area contributed by atoms with Gasteiger partial charge in [0, 0.05) is 44.5 Å². The number of Topliss-reactive ketones (excluding diaryl/α,β-unsaturated/α-hetero) is 1. The number of amides is 2. The van der Waals surface area contributed by atoms with E-state index in [1.165, 1.54) is 40.4 Å². The van der Waals surface area contributed by atoms with Crippen LogP contribution in [0.15, 0.2) is 58.9 Å². The molecule has 1 heterocycles. The van der Waals surface area contributed by atoms with Crippen molar-refractivity contribution in [2.45, 2.75) is 64.6 Å². The van der Waals surface area contributed by atoms with Crippen molar-refractivity contribution in [3.63, 3.8) is 0 Å². The first kappa shape index (κ1) is 32.8. The van der Waals surface area contributed by atoms with E-state index < -0.39 is 60.0 Å². The molecular weight excluding hydrogens is 520 g/mol. The molecule has 2 aliphatic rings. The summed E-state index contributed by atoms with van der Waals surface area (Å²) < 4.78 is 22.2. The van der Waals surface area contributed by atoms with Crippen molar-refractivity contribution in [2.24, 2.45) is 17.6 Å². The van der Waals surface area contributed by atoms with E-state index in [-0.39, 0.29) is 29.2 Å². The Bertz CT molecular complexity index is 1130. The van der Waals surface area contributed by atoms with Gasteiger partial charge < -0.3 is 35.1 Å². The number of carbonyl (C=O) groups excluding carboxylic acids is 4. The van der Waals surface area contributed by atoms with Crippen molar-refractivity contribution in [1.82, 2.24) is 5.32 Å². The fourth-order valence-electron chi connectivity index (χ4n) is 5.01. The first-order valence-electron chi connectivity index (χ1n) is 12.9. The minimum atomic E-state index is -0.999. The topological polar surface area (TPSA) is 163 Å². The predicted molar refractivity (Wildman–Crippen MR) is 147 cm³/mol. The van der Waals surface area contributed by atoms with E-state index in [1.54, 1.807) is 32.1 Å². The smallest absolute Gasteiger partial charge is 0.405 e. The lowest BCUT2D eigenvalue weighted by Crippen LogP contribution is -2.40. The average molecular weight is 561 g/mol. The van der Waals surface area contributed by atoms with Gasteiger partial charge in [0.05, 0.1) is 24.0 Å². The molecule has 2 amide bonds. The van der Waals surface area contributed by atoms with E-state index in [0.29, 0.717) is 5.57 Å². The van der Waals surface area contributed by atoms with E-state index >= 15 is 0 Å². The number of aliphatic hydroxyl groups excluding tert-OH is 1. The number of hydrogen-bond donors (Lipinski definition) is 3. The Balaban J connectivity index is 2.62. The molecular formula is C29H40N2O9. The van der Waals surface area contributed by atoms with Crippen molar-refractivity contribution in [2.75, 3.05) is 21.3 Å². The number of rotatable bonds is 4. The van der Waals surface area contributed by atoms with Gasteiger partial charge in [0.15, 0.2) is 11.9 Å². The Kier molecular flexibility index (Phi) is 12.2. The maximum atomic E-state index is 13.3. The number of aliphatic hydroxyl groups is 1. The fourth-order valence-corrected chi connectivity index (χ4v) is 5.01. The molecule has 1 unspecified atom stereocenters. The van der Waals surface area contributed by atoms with E-state index in [1.807, 2.05) is 6.92 Å². The molecule has 0 saturated heterocycles. The summed E-state index contributed by atoms with van der Waals surface area (Å²) in [4.78, 5) is 50.3. The Morgan fingerprint density at radius 2 is 1.70 bits per heavy atom. The lowest BCUT2D eigenvalue weighted by atomic mass is 9.84. The van der Waals surface area contributed by atoms with Gasteiger partial charge in [0.25, 0.3) is 5.91 Å². The molecule has 40 heavy (non-hydrogen) atoms. The van der Waals surface area contributed by atoms with E-state index in [0.717, 1.165) is 6.08 Å². The maximum absolute atomic E-state index is 13.3. The van der Waals surface area contributed by atoms with Gasteiger partial charge in [-0.25, -0.2) is 4.79 Å². The van der Waals surface area contributed by atoms with Crippen molar-refractivity contribution < 1.29 is 43.2 Å². The summed E-state index contributed by atoms with van der Waals surface area (Å²) in [6, 6.07) is 0. The molecule has 0 spiro atoms. The van der Waals surface area contributed by atoms with Crippen molar-refractivity contribution in [1.29, 1.82) is 0 Å². The Morgan fingerprint density at radius 3 is 2.27 bits per heavy atom. The largest absolute Gasteiger partial charge is 0.439 e. The van der Waals surface area contributed by atoms with Crippen LogP contribution in [-0.2, 0) is 33.3 Å². The second kappa shape index (κ2) is 14.8. The van der Waals surface area contributed by atoms with E-state index in [9.17, 15) is 24.3 Å². The van der Waals surface area contributed by atoms with Crippen molar-refractivity contribution in [3.05, 3.63) is 58.9 Å². The minimum Gasteiger partial charge on any atom is -0.439 e. The van der Waals surface area contributed by atoms with Crippen molar-refractivity contribution in [3.8, 4) is 0 Å². The summed E-state index contributed by atoms with van der Waals surface area (Å²) in [5.41, 5.74) is 6.07. The van der Waals surface area contributed by atoms with Crippen LogP contribution in [0.1, 0.15) is 34.1 Å². The number of primary amides is 1. The van der Waals surface area contributed by atoms with Gasteiger partial charge in [-0.3, -0.25) is 14.4 Å². The van der Waals surface area contributed by atoms with Crippen LogP contribution in [-0.4, -0.2) is 80.5 Å². The molecule has 1 aliphatic carbocycles. The van der Waals surface area contributed by atoms with E-state index in [2.05, 4.69) is 5.32 Å². The molecule has 0 aromatic heterocycles. The van der Waals surface area contributed by atoms with Crippen LogP contribution in [0.4, 0.5) is 4.79 Å². The highest BCUT2D eigenvalue weighted by molar-refractivity contribution is 6.22. The molecule has 0 saturated carbocycles. The average Bonchev–Trinajstić information content (AvgIpc) is 2.87. The molecule has 4 N–H and O–H groups in total. The molecule has 11 heteroatoms. The van der Waals surface area contributed by atoms with Gasteiger partial charge in [0.2, 0.25) is 5.78 Å². The lowest BCUT2D eigenvalue weighted by Gasteiger charge is -2.32. The third-order valence-electron chi connectivity index (χ3n) is 6.99. The summed E-state index contributed by atoms with van der Waals surface area (Å²) in [6.07, 6.45) is 3.64. The van der Waals surface area contributed by atoms with Crippen molar-refractivity contribution >= 4 is 23.6 Å². The third-order valence-corrected chi connectivity index (χ3v) is 6.99. The molecule has 7 atom stereocenters. The number of carbonyl (C=O) groups is 4. The van der Waals surface area contributed by atoms with Crippen LogP contribution in [0, 0.1) is 11.8 Å². The third kappa shape index (κ3) is 8.31. The number of allylic oxidation sites excluding steroid dienone is 5. The molecule has 0 fully saturated rings. The van der Waals surface area contributed by atoms with Gasteiger partial charge in [-0.05, 0) is 37.8 Å². The normalized spacial score (nSPS) is 34.4. The van der Waals surface area contributed by atoms with Crippen LogP contribution in [0.25, 0.3) is 0 Å². The predicted octanol–water partition coefficient (Wildman–Crippen LogP) is 2.06. The number of nitrogens with two attached hydrogens (primary N) is 1. The van der Waals surface area contributed by atoms with Crippen LogP contribution < -0.4 is 11.1 Å². The summed E-state index contributed by atoms with van der Waals surface area (Å²) in [7, 11) is 4.31. The second-order valence-corrected chi connectivity index (χ2v) is 10.0. The summed E-state index contributed by atoms with van der Waals surface area (Å²) in [5, 5.41) is 13.7. The zero-order valence-corrected chi connectivity index (χ0v) is 24.0. The van der Waals surface area contributed by atoms with Gasteiger partial charge in [0.1, 0.15) is 6.10 Å². The highest BCUT2D eigenvalue weighted by Crippen LogP contribution is 2.29. The molecule has 2 bridgehead atoms. The van der Waals surface area contributed by atoms with Gasteiger partial charge in [-0.15, -0.1) is 0 Å². The number of fused-ring (bicyclic) bond motifs is 2. The number of methoxy groups -OCH3 is 3. The molecule has 0 aromatic rings. The molecule has 1 aliphatic heterocycles. The standard InChI is InChI=1S/C29H40N2O9/c1-15-9-8-10-23(37-5)27(40-29(30)36)17(3)11-16(2)26(39-7)22(33)12-18(4)25(38-6)20-13-19(32)14-21(24(20)34)31-28(15)35/h8-11,13-14,16,18,22-23,25-27,33H,12H2,1-7H3,(H2,30,36)(H,31,35)/b10-8-,15-9+,17-11+/t16-,18-,22?,23-,25+,26+,27-/m0/s1. The Hall–Kier alpha value is -3.38. The van der Waals surface area contributed by atoms with Crippen LogP contribution >= 0.6 is 0 Å². The Morgan fingerprint density at radius 1 is 1.02 bits per heavy atom. The highest BCUT2D eigenvalue weighted by atomic mass is 16.6. The molecule has 0 radical (unpaired) electrons. The number of ether oxygens (including phenoxy) is 4. The summed E-state index contributed by atoms with van der Waals surface area (Å²) >= 11 is 0. The zero-order valence-electron chi connectivity index (χ0n) is 24.0. The number of nitrogens with one attached hydrogen (secondary N) is 1. The molecule has 220 valence electrons. The quantitative estimate of drug-likeness (QED) is 0.345. The minimum absolute atomic E-state index is 0.0802. The lowest BCUT2D eigenvalue weighted by molar-refractivity contribution is -0.120. The van der Waals surface area contributed by atoms with Gasteiger partial charge in [-0.2, -0.15) is 0 Å². The first-order valence-corrected chi connectivity index (χ1v) is 12.9. The molecule has 2 rings (SSSR count). The van der Waals surface area contributed by atoms with Crippen LogP contribution in [0.5, 0.6) is 0 Å². The number of hydrogen-bond acceptors (Lipinski definition) is 9. The van der Waals surface area contributed by atoms with Gasteiger partial charge >= 0.3 is 6.09 Å². The van der Waals surface area contributed by atoms with Crippen LogP contribution in [0.3, 0.4) is 0 Å².